The van der Waals surface area contributed by atoms with Gasteiger partial charge in [0.05, 0.1) is 11.6 Å². The monoisotopic (exact) mass is 335 g/mol. The van der Waals surface area contributed by atoms with E-state index in [1.165, 1.54) is 6.33 Å². The molecule has 0 aliphatic rings. The number of halogens is 1. The molecule has 0 saturated carbocycles. The van der Waals surface area contributed by atoms with Gasteiger partial charge in [-0.1, -0.05) is 23.7 Å². The molecule has 5 nitrogen and oxygen atoms in total. The highest BCUT2D eigenvalue weighted by Crippen LogP contribution is 2.23. The first kappa shape index (κ1) is 15.8. The lowest BCUT2D eigenvalue weighted by Crippen LogP contribution is -1.98. The maximum absolute atomic E-state index is 8.95. The van der Waals surface area contributed by atoms with Crippen molar-refractivity contribution in [3.8, 4) is 6.07 Å². The van der Waals surface area contributed by atoms with Crippen LogP contribution < -0.4 is 10.6 Å². The smallest absolute Gasteiger partial charge is 0.135 e. The Balaban J connectivity index is 1.78. The number of hydrogen-bond donors (Lipinski definition) is 2. The lowest BCUT2D eigenvalue weighted by atomic mass is 10.2. The molecule has 0 amide bonds. The van der Waals surface area contributed by atoms with Crippen LogP contribution in [0.3, 0.4) is 0 Å². The van der Waals surface area contributed by atoms with Gasteiger partial charge in [-0.3, -0.25) is 0 Å². The largest absolute Gasteiger partial charge is 0.340 e. The summed E-state index contributed by atoms with van der Waals surface area (Å²) in [7, 11) is 0. The third-order valence-electron chi connectivity index (χ3n) is 3.38. The number of benzene rings is 2. The lowest BCUT2D eigenvalue weighted by Gasteiger charge is -2.09. The van der Waals surface area contributed by atoms with Crippen LogP contribution in [0.4, 0.5) is 23.0 Å². The van der Waals surface area contributed by atoms with E-state index in [-0.39, 0.29) is 0 Å². The van der Waals surface area contributed by atoms with Crippen molar-refractivity contribution in [3.05, 3.63) is 71.0 Å². The molecule has 0 spiro atoms. The molecule has 0 fully saturated rings. The number of hydrogen-bond acceptors (Lipinski definition) is 5. The van der Waals surface area contributed by atoms with Crippen LogP contribution in [0, 0.1) is 18.3 Å². The van der Waals surface area contributed by atoms with E-state index in [2.05, 4.69) is 26.7 Å². The van der Waals surface area contributed by atoms with E-state index in [4.69, 9.17) is 16.9 Å². The van der Waals surface area contributed by atoms with Crippen LogP contribution >= 0.6 is 11.6 Å². The standard InChI is InChI=1S/C18H14ClN5/c1-12-5-6-15(8-16(12)19)24-18-9-17(21-11-22-18)23-14-4-2-3-13(7-14)10-20/h2-9,11H,1H3,(H2,21,22,23,24). The minimum absolute atomic E-state index is 0.585. The van der Waals surface area contributed by atoms with E-state index < -0.39 is 0 Å². The summed E-state index contributed by atoms with van der Waals surface area (Å²) in [6.45, 7) is 1.95. The molecule has 0 aliphatic heterocycles. The van der Waals surface area contributed by atoms with E-state index in [0.717, 1.165) is 16.9 Å². The van der Waals surface area contributed by atoms with Crippen molar-refractivity contribution in [2.45, 2.75) is 6.92 Å². The summed E-state index contributed by atoms with van der Waals surface area (Å²) >= 11 is 6.14. The predicted molar refractivity (Wildman–Crippen MR) is 95.9 cm³/mol. The Hall–Kier alpha value is -3.10. The van der Waals surface area contributed by atoms with Crippen LogP contribution in [0.2, 0.25) is 5.02 Å². The average molecular weight is 336 g/mol. The Morgan fingerprint density at radius 1 is 0.958 bits per heavy atom. The van der Waals surface area contributed by atoms with Crippen LogP contribution in [-0.2, 0) is 0 Å². The molecule has 2 N–H and O–H groups in total. The van der Waals surface area contributed by atoms with E-state index >= 15 is 0 Å². The summed E-state index contributed by atoms with van der Waals surface area (Å²) in [5.41, 5.74) is 3.24. The van der Waals surface area contributed by atoms with E-state index in [0.29, 0.717) is 22.2 Å². The van der Waals surface area contributed by atoms with Gasteiger partial charge >= 0.3 is 0 Å². The van der Waals surface area contributed by atoms with Crippen molar-refractivity contribution in [1.29, 1.82) is 5.26 Å². The number of nitriles is 1. The second kappa shape index (κ2) is 6.99. The van der Waals surface area contributed by atoms with Crippen molar-refractivity contribution >= 4 is 34.6 Å². The molecular formula is C18H14ClN5. The Labute approximate surface area is 145 Å². The van der Waals surface area contributed by atoms with Gasteiger partial charge in [-0.15, -0.1) is 0 Å². The maximum Gasteiger partial charge on any atom is 0.135 e. The first-order valence-corrected chi connectivity index (χ1v) is 7.64. The summed E-state index contributed by atoms with van der Waals surface area (Å²) in [6, 6.07) is 16.8. The molecule has 2 aromatic carbocycles. The number of anilines is 4. The number of rotatable bonds is 4. The number of nitrogens with one attached hydrogen (secondary N) is 2. The van der Waals surface area contributed by atoms with Gasteiger partial charge in [-0.2, -0.15) is 5.26 Å². The lowest BCUT2D eigenvalue weighted by molar-refractivity contribution is 1.17. The fourth-order valence-corrected chi connectivity index (χ4v) is 2.31. The molecule has 0 atom stereocenters. The van der Waals surface area contributed by atoms with Crippen molar-refractivity contribution in [1.82, 2.24) is 9.97 Å². The summed E-state index contributed by atoms with van der Waals surface area (Å²) < 4.78 is 0. The summed E-state index contributed by atoms with van der Waals surface area (Å²) in [4.78, 5) is 8.40. The first-order chi connectivity index (χ1) is 11.6. The van der Waals surface area contributed by atoms with Gasteiger partial charge in [0.15, 0.2) is 0 Å². The number of nitrogens with zero attached hydrogens (tertiary/aromatic N) is 3. The zero-order valence-electron chi connectivity index (χ0n) is 12.9. The predicted octanol–water partition coefficient (Wildman–Crippen LogP) is 4.80. The third-order valence-corrected chi connectivity index (χ3v) is 3.78. The highest BCUT2D eigenvalue weighted by molar-refractivity contribution is 6.31. The van der Waals surface area contributed by atoms with E-state index in [1.54, 1.807) is 18.2 Å². The molecule has 24 heavy (non-hydrogen) atoms. The van der Waals surface area contributed by atoms with Crippen LogP contribution in [0.15, 0.2) is 54.9 Å². The molecule has 3 aromatic rings. The van der Waals surface area contributed by atoms with Crippen LogP contribution in [0.5, 0.6) is 0 Å². The third kappa shape index (κ3) is 3.80. The van der Waals surface area contributed by atoms with Crippen molar-refractivity contribution in [2.24, 2.45) is 0 Å². The van der Waals surface area contributed by atoms with Crippen LogP contribution in [0.1, 0.15) is 11.1 Å². The molecule has 6 heteroatoms. The highest BCUT2D eigenvalue weighted by atomic mass is 35.5. The molecular weight excluding hydrogens is 322 g/mol. The van der Waals surface area contributed by atoms with Gasteiger partial charge in [-0.05, 0) is 42.8 Å². The minimum atomic E-state index is 0.585. The normalized spacial score (nSPS) is 10.0. The van der Waals surface area contributed by atoms with Crippen molar-refractivity contribution < 1.29 is 0 Å². The van der Waals surface area contributed by atoms with Gasteiger partial charge in [0, 0.05) is 22.5 Å². The van der Waals surface area contributed by atoms with Gasteiger partial charge in [0.2, 0.25) is 0 Å². The van der Waals surface area contributed by atoms with E-state index in [9.17, 15) is 0 Å². The van der Waals surface area contributed by atoms with Crippen molar-refractivity contribution in [2.75, 3.05) is 10.6 Å². The molecule has 3 rings (SSSR count). The number of aromatic nitrogens is 2. The fourth-order valence-electron chi connectivity index (χ4n) is 2.13. The quantitative estimate of drug-likeness (QED) is 0.716. The molecule has 0 bridgehead atoms. The SMILES string of the molecule is Cc1ccc(Nc2cc(Nc3cccc(C#N)c3)ncn2)cc1Cl. The second-order valence-electron chi connectivity index (χ2n) is 5.20. The molecule has 1 aromatic heterocycles. The van der Waals surface area contributed by atoms with Gasteiger partial charge in [0.25, 0.3) is 0 Å². The molecule has 0 unspecified atom stereocenters. The van der Waals surface area contributed by atoms with E-state index in [1.807, 2.05) is 37.3 Å². The van der Waals surface area contributed by atoms with Gasteiger partial charge in [-0.25, -0.2) is 9.97 Å². The summed E-state index contributed by atoms with van der Waals surface area (Å²) in [5.74, 6) is 1.27. The fraction of sp³-hybridized carbons (Fsp3) is 0.0556. The molecule has 0 radical (unpaired) electrons. The topological polar surface area (TPSA) is 73.6 Å². The summed E-state index contributed by atoms with van der Waals surface area (Å²) in [5, 5.41) is 16.0. The second-order valence-corrected chi connectivity index (χ2v) is 5.60. The summed E-state index contributed by atoms with van der Waals surface area (Å²) in [6.07, 6.45) is 1.47. The highest BCUT2D eigenvalue weighted by Gasteiger charge is 2.03. The molecule has 1 heterocycles. The Bertz CT molecular complexity index is 917. The van der Waals surface area contributed by atoms with Gasteiger partial charge in [0.1, 0.15) is 18.0 Å². The van der Waals surface area contributed by atoms with Crippen molar-refractivity contribution in [3.63, 3.8) is 0 Å². The molecule has 0 aliphatic carbocycles. The minimum Gasteiger partial charge on any atom is -0.340 e. The van der Waals surface area contributed by atoms with Crippen LogP contribution in [-0.4, -0.2) is 9.97 Å². The maximum atomic E-state index is 8.95. The molecule has 0 saturated heterocycles. The Morgan fingerprint density at radius 3 is 2.33 bits per heavy atom. The van der Waals surface area contributed by atoms with Crippen LogP contribution in [0.25, 0.3) is 0 Å². The Morgan fingerprint density at radius 2 is 1.67 bits per heavy atom. The average Bonchev–Trinajstić information content (AvgIpc) is 2.59. The van der Waals surface area contributed by atoms with Gasteiger partial charge < -0.3 is 10.6 Å². The zero-order chi connectivity index (χ0) is 16.9. The number of aryl methyl sites for hydroxylation is 1. The first-order valence-electron chi connectivity index (χ1n) is 7.26. The zero-order valence-corrected chi connectivity index (χ0v) is 13.7. The Kier molecular flexibility index (Phi) is 4.59. The molecule has 118 valence electrons.